The van der Waals surface area contributed by atoms with Gasteiger partial charge >= 0.3 is 0 Å². The molecule has 6 nitrogen and oxygen atoms in total. The Morgan fingerprint density at radius 1 is 0.882 bits per heavy atom. The summed E-state index contributed by atoms with van der Waals surface area (Å²) in [4.78, 5) is 13.3. The van der Waals surface area contributed by atoms with E-state index in [0.717, 1.165) is 39.5 Å². The molecule has 0 saturated carbocycles. The highest BCUT2D eigenvalue weighted by atomic mass is 16.5. The third-order valence-corrected chi connectivity index (χ3v) is 5.82. The summed E-state index contributed by atoms with van der Waals surface area (Å²) in [5.41, 5.74) is 6.52. The van der Waals surface area contributed by atoms with Crippen LogP contribution in [0.1, 0.15) is 18.1 Å². The van der Waals surface area contributed by atoms with Gasteiger partial charge in [-0.3, -0.25) is 4.79 Å². The number of benzene rings is 3. The van der Waals surface area contributed by atoms with Crippen LogP contribution < -0.4 is 9.75 Å². The quantitative estimate of drug-likeness (QED) is 0.370. The number of hydrogen-bond donors (Lipinski definition) is 0. The predicted octanol–water partition coefficient (Wildman–Crippen LogP) is 5.66. The van der Waals surface area contributed by atoms with Crippen LogP contribution in [0.2, 0.25) is 0 Å². The zero-order chi connectivity index (χ0) is 23.7. The molecule has 1 aliphatic heterocycles. The molecule has 34 heavy (non-hydrogen) atoms. The average Bonchev–Trinajstić information content (AvgIpc) is 3.41. The highest BCUT2D eigenvalue weighted by Crippen LogP contribution is 2.32. The molecule has 0 radical (unpaired) electrons. The Balaban J connectivity index is 1.62. The molecule has 168 valence electrons. The fourth-order valence-electron chi connectivity index (χ4n) is 4.03. The van der Waals surface area contributed by atoms with Crippen molar-refractivity contribution in [1.82, 2.24) is 9.78 Å². The SMILES string of the molecule is COc1ccc(-c2nn(-c3ccccc3)cc2/C=C2\C(=O)N(c3ccccc3)N=C2C)c(C)c1. The molecule has 0 atom stereocenters. The van der Waals surface area contributed by atoms with Crippen molar-refractivity contribution in [3.8, 4) is 22.7 Å². The van der Waals surface area contributed by atoms with Gasteiger partial charge in [0.15, 0.2) is 0 Å². The normalized spacial score (nSPS) is 14.6. The predicted molar refractivity (Wildman–Crippen MR) is 135 cm³/mol. The second-order valence-electron chi connectivity index (χ2n) is 8.09. The van der Waals surface area contributed by atoms with Gasteiger partial charge in [0.25, 0.3) is 5.91 Å². The van der Waals surface area contributed by atoms with Gasteiger partial charge in [0.1, 0.15) is 11.4 Å². The lowest BCUT2D eigenvalue weighted by molar-refractivity contribution is -0.114. The highest BCUT2D eigenvalue weighted by molar-refractivity contribution is 6.32. The van der Waals surface area contributed by atoms with Crippen molar-refractivity contribution in [2.45, 2.75) is 13.8 Å². The lowest BCUT2D eigenvalue weighted by Gasteiger charge is -2.11. The Labute approximate surface area is 198 Å². The van der Waals surface area contributed by atoms with E-state index >= 15 is 0 Å². The number of ether oxygens (including phenoxy) is 1. The fraction of sp³-hybridized carbons (Fsp3) is 0.107. The molecule has 2 heterocycles. The largest absolute Gasteiger partial charge is 0.497 e. The first-order valence-corrected chi connectivity index (χ1v) is 11.0. The number of anilines is 1. The first-order valence-electron chi connectivity index (χ1n) is 11.0. The standard InChI is InChI=1S/C28H24N4O2/c1-19-16-24(34-3)14-15-25(19)27-21(18-31(30-27)22-10-6-4-7-11-22)17-26-20(2)29-32(28(26)33)23-12-8-5-9-13-23/h4-18H,1-3H3/b26-17-. The number of rotatable bonds is 5. The van der Waals surface area contributed by atoms with E-state index < -0.39 is 0 Å². The van der Waals surface area contributed by atoms with Crippen LogP contribution in [-0.2, 0) is 4.79 Å². The smallest absolute Gasteiger partial charge is 0.280 e. The number of hydrogen-bond acceptors (Lipinski definition) is 4. The summed E-state index contributed by atoms with van der Waals surface area (Å²) in [5.74, 6) is 0.629. The van der Waals surface area contributed by atoms with E-state index in [1.807, 2.05) is 110 Å². The van der Waals surface area contributed by atoms with E-state index in [9.17, 15) is 4.79 Å². The van der Waals surface area contributed by atoms with E-state index in [1.54, 1.807) is 7.11 Å². The minimum absolute atomic E-state index is 0.159. The molecule has 1 amide bonds. The Kier molecular flexibility index (Phi) is 5.55. The summed E-state index contributed by atoms with van der Waals surface area (Å²) < 4.78 is 7.22. The van der Waals surface area contributed by atoms with Crippen LogP contribution >= 0.6 is 0 Å². The minimum Gasteiger partial charge on any atom is -0.497 e. The van der Waals surface area contributed by atoms with Crippen LogP contribution in [0.4, 0.5) is 5.69 Å². The second kappa shape index (κ2) is 8.83. The summed E-state index contributed by atoms with van der Waals surface area (Å²) in [5, 5.41) is 10.9. The van der Waals surface area contributed by atoms with Crippen LogP contribution in [0.25, 0.3) is 23.0 Å². The maximum absolute atomic E-state index is 13.3. The van der Waals surface area contributed by atoms with Gasteiger partial charge in [-0.2, -0.15) is 15.2 Å². The topological polar surface area (TPSA) is 59.7 Å². The number of hydrazone groups is 1. The van der Waals surface area contributed by atoms with Gasteiger partial charge < -0.3 is 4.74 Å². The number of para-hydroxylation sites is 2. The number of carbonyl (C=O) groups excluding carboxylic acids is 1. The van der Waals surface area contributed by atoms with Crippen molar-refractivity contribution in [3.63, 3.8) is 0 Å². The van der Waals surface area contributed by atoms with Crippen molar-refractivity contribution in [2.75, 3.05) is 12.1 Å². The van der Waals surface area contributed by atoms with E-state index in [0.29, 0.717) is 11.3 Å². The summed E-state index contributed by atoms with van der Waals surface area (Å²) in [6.45, 7) is 3.88. The maximum Gasteiger partial charge on any atom is 0.280 e. The van der Waals surface area contributed by atoms with Crippen molar-refractivity contribution in [2.24, 2.45) is 5.10 Å². The van der Waals surface area contributed by atoms with Crippen molar-refractivity contribution < 1.29 is 9.53 Å². The van der Waals surface area contributed by atoms with Crippen LogP contribution in [0.3, 0.4) is 0 Å². The van der Waals surface area contributed by atoms with Crippen LogP contribution in [-0.4, -0.2) is 28.5 Å². The molecule has 0 N–H and O–H groups in total. The zero-order valence-electron chi connectivity index (χ0n) is 19.3. The molecule has 0 spiro atoms. The molecular weight excluding hydrogens is 424 g/mol. The van der Waals surface area contributed by atoms with Gasteiger partial charge in [-0.1, -0.05) is 36.4 Å². The number of amides is 1. The van der Waals surface area contributed by atoms with Gasteiger partial charge in [0, 0.05) is 17.3 Å². The molecule has 0 unspecified atom stereocenters. The van der Waals surface area contributed by atoms with E-state index in [4.69, 9.17) is 9.84 Å². The summed E-state index contributed by atoms with van der Waals surface area (Å²) in [7, 11) is 1.65. The fourth-order valence-corrected chi connectivity index (χ4v) is 4.03. The Morgan fingerprint density at radius 2 is 1.56 bits per heavy atom. The number of methoxy groups -OCH3 is 1. The average molecular weight is 449 g/mol. The lowest BCUT2D eigenvalue weighted by Crippen LogP contribution is -2.21. The van der Waals surface area contributed by atoms with Gasteiger partial charge in [-0.05, 0) is 68.0 Å². The van der Waals surface area contributed by atoms with Crippen molar-refractivity contribution in [3.05, 3.63) is 102 Å². The maximum atomic E-state index is 13.3. The molecule has 0 aliphatic carbocycles. The number of carbonyl (C=O) groups is 1. The summed E-state index contributed by atoms with van der Waals surface area (Å²) in [6, 6.07) is 25.3. The first-order chi connectivity index (χ1) is 16.5. The molecule has 5 rings (SSSR count). The molecule has 1 aliphatic rings. The van der Waals surface area contributed by atoms with Crippen LogP contribution in [0.5, 0.6) is 5.75 Å². The minimum atomic E-state index is -0.159. The number of aryl methyl sites for hydroxylation is 1. The first kappa shape index (κ1) is 21.4. The van der Waals surface area contributed by atoms with Crippen LogP contribution in [0.15, 0.2) is 95.7 Å². The van der Waals surface area contributed by atoms with E-state index in [2.05, 4.69) is 5.10 Å². The molecule has 4 aromatic rings. The molecule has 0 fully saturated rings. The monoisotopic (exact) mass is 448 g/mol. The molecule has 3 aromatic carbocycles. The molecule has 6 heteroatoms. The number of aromatic nitrogens is 2. The van der Waals surface area contributed by atoms with E-state index in [1.165, 1.54) is 5.01 Å². The molecule has 1 aromatic heterocycles. The van der Waals surface area contributed by atoms with E-state index in [-0.39, 0.29) is 5.91 Å². The molecule has 0 bridgehead atoms. The lowest BCUT2D eigenvalue weighted by atomic mass is 10.0. The Morgan fingerprint density at radius 3 is 2.21 bits per heavy atom. The van der Waals surface area contributed by atoms with Gasteiger partial charge in [-0.25, -0.2) is 4.68 Å². The van der Waals surface area contributed by atoms with Crippen molar-refractivity contribution >= 4 is 23.4 Å². The Hall–Kier alpha value is -4.45. The highest BCUT2D eigenvalue weighted by Gasteiger charge is 2.29. The summed E-state index contributed by atoms with van der Waals surface area (Å²) in [6.07, 6.45) is 3.84. The van der Waals surface area contributed by atoms with Crippen molar-refractivity contribution in [1.29, 1.82) is 0 Å². The number of nitrogens with zero attached hydrogens (tertiary/aromatic N) is 4. The molecular formula is C28H24N4O2. The molecule has 0 saturated heterocycles. The second-order valence-corrected chi connectivity index (χ2v) is 8.09. The third-order valence-electron chi connectivity index (χ3n) is 5.82. The zero-order valence-corrected chi connectivity index (χ0v) is 19.3. The third kappa shape index (κ3) is 3.90. The summed E-state index contributed by atoms with van der Waals surface area (Å²) >= 11 is 0. The van der Waals surface area contributed by atoms with Gasteiger partial charge in [-0.15, -0.1) is 0 Å². The van der Waals surface area contributed by atoms with Gasteiger partial charge in [0.05, 0.1) is 29.8 Å². The van der Waals surface area contributed by atoms with Crippen LogP contribution in [0, 0.1) is 6.92 Å². The Bertz CT molecular complexity index is 1420. The van der Waals surface area contributed by atoms with Gasteiger partial charge in [0.2, 0.25) is 0 Å².